The van der Waals surface area contributed by atoms with Gasteiger partial charge in [0.05, 0.1) is 31.4 Å². The van der Waals surface area contributed by atoms with Crippen LogP contribution in [0.5, 0.6) is 11.5 Å². The van der Waals surface area contributed by atoms with E-state index in [9.17, 15) is 23.3 Å². The van der Waals surface area contributed by atoms with Crippen molar-refractivity contribution in [2.75, 3.05) is 31.0 Å². The maximum Gasteiger partial charge on any atom is 0.423 e. The van der Waals surface area contributed by atoms with Gasteiger partial charge in [-0.3, -0.25) is 10.1 Å². The number of methoxy groups -OCH3 is 2. The molecule has 1 aliphatic heterocycles. The Bertz CT molecular complexity index is 1240. The van der Waals surface area contributed by atoms with Gasteiger partial charge in [0, 0.05) is 35.6 Å². The Labute approximate surface area is 192 Å². The van der Waals surface area contributed by atoms with E-state index < -0.39 is 22.4 Å². The van der Waals surface area contributed by atoms with E-state index in [2.05, 4.69) is 15.3 Å². The van der Waals surface area contributed by atoms with Crippen LogP contribution in [0.25, 0.3) is 0 Å². The van der Waals surface area contributed by atoms with Crippen molar-refractivity contribution >= 4 is 22.9 Å². The highest BCUT2D eigenvalue weighted by atomic mass is 19.4. The van der Waals surface area contributed by atoms with Crippen LogP contribution < -0.4 is 19.7 Å². The number of nitro benzene ring substituents is 1. The Balaban J connectivity index is 1.60. The van der Waals surface area contributed by atoms with E-state index in [-0.39, 0.29) is 12.2 Å². The number of rotatable bonds is 6. The SMILES string of the molecule is COc1ccc(Nc2ncnc3c2CCN(c2ccc([N+](=O)[O-])c(C(F)(F)F)c2)C3)cc1OC. The van der Waals surface area contributed by atoms with Crippen molar-refractivity contribution in [3.8, 4) is 11.5 Å². The third-order valence-corrected chi connectivity index (χ3v) is 5.50. The van der Waals surface area contributed by atoms with Gasteiger partial charge in [-0.05, 0) is 30.7 Å². The summed E-state index contributed by atoms with van der Waals surface area (Å²) in [5.41, 5.74) is 0.182. The van der Waals surface area contributed by atoms with Gasteiger partial charge >= 0.3 is 6.18 Å². The first kappa shape index (κ1) is 23.1. The van der Waals surface area contributed by atoms with Crippen LogP contribution in [0, 0.1) is 10.1 Å². The summed E-state index contributed by atoms with van der Waals surface area (Å²) in [6.07, 6.45) is -3.00. The summed E-state index contributed by atoms with van der Waals surface area (Å²) >= 11 is 0. The van der Waals surface area contributed by atoms with Gasteiger partial charge in [-0.2, -0.15) is 13.2 Å². The molecule has 2 aromatic carbocycles. The van der Waals surface area contributed by atoms with Crippen LogP contribution >= 0.6 is 0 Å². The number of halogens is 3. The molecule has 12 heteroatoms. The average Bonchev–Trinajstić information content (AvgIpc) is 2.82. The van der Waals surface area contributed by atoms with Gasteiger partial charge in [0.25, 0.3) is 5.69 Å². The Morgan fingerprint density at radius 3 is 2.53 bits per heavy atom. The first-order valence-electron chi connectivity index (χ1n) is 10.1. The molecule has 0 aliphatic carbocycles. The zero-order valence-electron chi connectivity index (χ0n) is 18.2. The molecule has 0 unspecified atom stereocenters. The van der Waals surface area contributed by atoms with E-state index >= 15 is 0 Å². The maximum absolute atomic E-state index is 13.4. The molecule has 3 aromatic rings. The molecule has 0 bridgehead atoms. The lowest BCUT2D eigenvalue weighted by Gasteiger charge is -2.31. The summed E-state index contributed by atoms with van der Waals surface area (Å²) in [5.74, 6) is 1.70. The van der Waals surface area contributed by atoms with Crippen molar-refractivity contribution in [2.45, 2.75) is 19.1 Å². The summed E-state index contributed by atoms with van der Waals surface area (Å²) in [6.45, 7) is 0.615. The standard InChI is InChI=1S/C22H20F3N5O4/c1-33-19-6-3-13(9-20(19)34-2)28-21-15-7-8-29(11-17(15)26-12-27-21)14-4-5-18(30(31)32)16(10-14)22(23,24)25/h3-6,9-10,12H,7-8,11H2,1-2H3,(H,26,27,28). The Morgan fingerprint density at radius 1 is 1.09 bits per heavy atom. The van der Waals surface area contributed by atoms with E-state index in [1.165, 1.54) is 19.5 Å². The molecule has 0 fully saturated rings. The highest BCUT2D eigenvalue weighted by Crippen LogP contribution is 2.39. The van der Waals surface area contributed by atoms with Gasteiger partial charge in [-0.15, -0.1) is 0 Å². The molecule has 1 aromatic heterocycles. The normalized spacial score (nSPS) is 13.3. The molecule has 2 heterocycles. The summed E-state index contributed by atoms with van der Waals surface area (Å²) in [4.78, 5) is 20.3. The van der Waals surface area contributed by atoms with Crippen molar-refractivity contribution in [1.82, 2.24) is 9.97 Å². The quantitative estimate of drug-likeness (QED) is 0.403. The van der Waals surface area contributed by atoms with Gasteiger partial charge in [0.2, 0.25) is 0 Å². The van der Waals surface area contributed by atoms with Gasteiger partial charge < -0.3 is 19.7 Å². The van der Waals surface area contributed by atoms with Crippen LogP contribution in [0.2, 0.25) is 0 Å². The zero-order valence-corrected chi connectivity index (χ0v) is 18.2. The fourth-order valence-corrected chi connectivity index (χ4v) is 3.84. The minimum absolute atomic E-state index is 0.230. The summed E-state index contributed by atoms with van der Waals surface area (Å²) in [7, 11) is 3.07. The molecular formula is C22H20F3N5O4. The number of hydrogen-bond acceptors (Lipinski definition) is 8. The number of nitrogens with one attached hydrogen (secondary N) is 1. The lowest BCUT2D eigenvalue weighted by Crippen LogP contribution is -2.32. The minimum atomic E-state index is -4.84. The number of aromatic nitrogens is 2. The third-order valence-electron chi connectivity index (χ3n) is 5.50. The number of nitrogens with zero attached hydrogens (tertiary/aromatic N) is 4. The van der Waals surface area contributed by atoms with Crippen molar-refractivity contribution < 1.29 is 27.6 Å². The van der Waals surface area contributed by atoms with E-state index in [1.807, 2.05) is 0 Å². The zero-order chi connectivity index (χ0) is 24.5. The first-order chi connectivity index (χ1) is 16.2. The number of hydrogen-bond donors (Lipinski definition) is 1. The summed E-state index contributed by atoms with van der Waals surface area (Å²) in [6, 6.07) is 8.34. The predicted octanol–water partition coefficient (Wildman–Crippen LogP) is 4.73. The van der Waals surface area contributed by atoms with Gasteiger partial charge in [0.15, 0.2) is 11.5 Å². The molecule has 0 spiro atoms. The topological polar surface area (TPSA) is 103 Å². The molecule has 0 saturated carbocycles. The highest BCUT2D eigenvalue weighted by Gasteiger charge is 2.39. The van der Waals surface area contributed by atoms with Crippen LogP contribution in [0.4, 0.5) is 36.1 Å². The minimum Gasteiger partial charge on any atom is -0.493 e. The lowest BCUT2D eigenvalue weighted by atomic mass is 10.0. The van der Waals surface area contributed by atoms with Gasteiger partial charge in [-0.25, -0.2) is 9.97 Å². The Kier molecular flexibility index (Phi) is 6.14. The van der Waals surface area contributed by atoms with Crippen LogP contribution in [-0.2, 0) is 19.1 Å². The fourth-order valence-electron chi connectivity index (χ4n) is 3.84. The number of nitro groups is 1. The molecule has 178 valence electrons. The Hall–Kier alpha value is -4.09. The maximum atomic E-state index is 13.4. The number of ether oxygens (including phenoxy) is 2. The monoisotopic (exact) mass is 475 g/mol. The van der Waals surface area contributed by atoms with Crippen molar-refractivity contribution in [2.24, 2.45) is 0 Å². The van der Waals surface area contributed by atoms with Crippen LogP contribution in [0.15, 0.2) is 42.7 Å². The molecule has 0 saturated heterocycles. The third kappa shape index (κ3) is 4.51. The van der Waals surface area contributed by atoms with E-state index in [4.69, 9.17) is 9.47 Å². The van der Waals surface area contributed by atoms with E-state index in [0.717, 1.165) is 17.7 Å². The van der Waals surface area contributed by atoms with E-state index in [0.29, 0.717) is 41.7 Å². The fraction of sp³-hybridized carbons (Fsp3) is 0.273. The second-order valence-corrected chi connectivity index (χ2v) is 7.47. The molecule has 0 atom stereocenters. The largest absolute Gasteiger partial charge is 0.493 e. The van der Waals surface area contributed by atoms with Crippen molar-refractivity contribution in [3.63, 3.8) is 0 Å². The number of alkyl halides is 3. The molecule has 0 radical (unpaired) electrons. The molecule has 34 heavy (non-hydrogen) atoms. The highest BCUT2D eigenvalue weighted by molar-refractivity contribution is 5.65. The average molecular weight is 475 g/mol. The molecule has 9 nitrogen and oxygen atoms in total. The molecule has 1 N–H and O–H groups in total. The molecule has 0 amide bonds. The second kappa shape index (κ2) is 9.04. The van der Waals surface area contributed by atoms with Crippen LogP contribution in [0.3, 0.4) is 0 Å². The van der Waals surface area contributed by atoms with Gasteiger partial charge in [0.1, 0.15) is 17.7 Å². The lowest BCUT2D eigenvalue weighted by molar-refractivity contribution is -0.388. The van der Waals surface area contributed by atoms with Gasteiger partial charge in [-0.1, -0.05) is 0 Å². The Morgan fingerprint density at radius 2 is 1.85 bits per heavy atom. The number of anilines is 3. The number of benzene rings is 2. The predicted molar refractivity (Wildman–Crippen MR) is 118 cm³/mol. The molecular weight excluding hydrogens is 455 g/mol. The second-order valence-electron chi connectivity index (χ2n) is 7.47. The van der Waals surface area contributed by atoms with Crippen molar-refractivity contribution in [1.29, 1.82) is 0 Å². The number of fused-ring (bicyclic) bond motifs is 1. The first-order valence-corrected chi connectivity index (χ1v) is 10.1. The summed E-state index contributed by atoms with van der Waals surface area (Å²) in [5, 5.41) is 14.3. The summed E-state index contributed by atoms with van der Waals surface area (Å²) < 4.78 is 50.7. The molecule has 1 aliphatic rings. The molecule has 4 rings (SSSR count). The smallest absolute Gasteiger partial charge is 0.423 e. The van der Waals surface area contributed by atoms with E-state index in [1.54, 1.807) is 30.2 Å². The van der Waals surface area contributed by atoms with Crippen LogP contribution in [0.1, 0.15) is 16.8 Å². The van der Waals surface area contributed by atoms with Crippen molar-refractivity contribution in [3.05, 3.63) is 69.7 Å². The van der Waals surface area contributed by atoms with Crippen LogP contribution in [-0.4, -0.2) is 35.7 Å².